The Morgan fingerprint density at radius 3 is 2.48 bits per heavy atom. The van der Waals surface area contributed by atoms with Gasteiger partial charge in [0.2, 0.25) is 0 Å². The van der Waals surface area contributed by atoms with E-state index in [1.54, 1.807) is 12.1 Å². The van der Waals surface area contributed by atoms with E-state index in [1.807, 2.05) is 13.0 Å². The number of ether oxygens (including phenoxy) is 3. The third-order valence-electron chi connectivity index (χ3n) is 2.67. The van der Waals surface area contributed by atoms with E-state index >= 15 is 0 Å². The molecule has 1 atom stereocenters. The van der Waals surface area contributed by atoms with Gasteiger partial charge in [0, 0.05) is 12.5 Å². The maximum Gasteiger partial charge on any atom is 0.411 e. The summed E-state index contributed by atoms with van der Waals surface area (Å²) in [4.78, 5) is 0. The van der Waals surface area contributed by atoms with Crippen LogP contribution < -0.4 is 15.2 Å². The summed E-state index contributed by atoms with van der Waals surface area (Å²) >= 11 is 0. The molecular weight excluding hydrogens is 287 g/mol. The predicted molar refractivity (Wildman–Crippen MR) is 72.6 cm³/mol. The lowest BCUT2D eigenvalue weighted by Gasteiger charge is -2.14. The van der Waals surface area contributed by atoms with Gasteiger partial charge in [0.05, 0.1) is 20.3 Å². The minimum absolute atomic E-state index is 0.0141. The van der Waals surface area contributed by atoms with Gasteiger partial charge in [-0.15, -0.1) is 0 Å². The van der Waals surface area contributed by atoms with Gasteiger partial charge in [-0.1, -0.05) is 6.07 Å². The van der Waals surface area contributed by atoms with E-state index < -0.39 is 12.8 Å². The summed E-state index contributed by atoms with van der Waals surface area (Å²) in [7, 11) is 1.51. The fourth-order valence-electron chi connectivity index (χ4n) is 1.62. The van der Waals surface area contributed by atoms with Crippen molar-refractivity contribution >= 4 is 0 Å². The summed E-state index contributed by atoms with van der Waals surface area (Å²) in [6.45, 7) is 0.845. The summed E-state index contributed by atoms with van der Waals surface area (Å²) in [6.07, 6.45) is -3.94. The van der Waals surface area contributed by atoms with Gasteiger partial charge in [-0.25, -0.2) is 0 Å². The van der Waals surface area contributed by atoms with Crippen molar-refractivity contribution in [2.24, 2.45) is 5.73 Å². The molecule has 0 unspecified atom stereocenters. The predicted octanol–water partition coefficient (Wildman–Crippen LogP) is 3.06. The zero-order chi connectivity index (χ0) is 15.9. The Morgan fingerprint density at radius 1 is 1.19 bits per heavy atom. The summed E-state index contributed by atoms with van der Waals surface area (Å²) in [6, 6.07) is 5.21. The second-order valence-corrected chi connectivity index (χ2v) is 4.57. The van der Waals surface area contributed by atoms with Crippen LogP contribution in [-0.2, 0) is 4.74 Å². The van der Waals surface area contributed by atoms with E-state index in [0.29, 0.717) is 17.9 Å². The molecule has 1 aromatic carbocycles. The molecule has 0 amide bonds. The molecule has 1 rings (SSSR count). The van der Waals surface area contributed by atoms with Crippen molar-refractivity contribution in [3.05, 3.63) is 23.8 Å². The van der Waals surface area contributed by atoms with Crippen LogP contribution in [0.1, 0.15) is 24.9 Å². The number of alkyl halides is 3. The van der Waals surface area contributed by atoms with Crippen LogP contribution in [-0.4, -0.2) is 33.1 Å². The first-order valence-electron chi connectivity index (χ1n) is 6.54. The number of methoxy groups -OCH3 is 1. The average Bonchev–Trinajstić information content (AvgIpc) is 2.41. The Morgan fingerprint density at radius 2 is 1.90 bits per heavy atom. The van der Waals surface area contributed by atoms with Crippen molar-refractivity contribution in [3.63, 3.8) is 0 Å². The number of benzene rings is 1. The second-order valence-electron chi connectivity index (χ2n) is 4.57. The fourth-order valence-corrected chi connectivity index (χ4v) is 1.62. The van der Waals surface area contributed by atoms with Gasteiger partial charge < -0.3 is 19.9 Å². The Hall–Kier alpha value is -1.47. The van der Waals surface area contributed by atoms with Crippen molar-refractivity contribution in [2.75, 3.05) is 26.9 Å². The molecule has 0 aromatic heterocycles. The fraction of sp³-hybridized carbons (Fsp3) is 0.571. The SMILES string of the molecule is COc1cc([C@@H](C)N)ccc1OCCCOCC(F)(F)F. The molecule has 0 aliphatic heterocycles. The van der Waals surface area contributed by atoms with Gasteiger partial charge >= 0.3 is 6.18 Å². The number of hydrogen-bond acceptors (Lipinski definition) is 4. The zero-order valence-electron chi connectivity index (χ0n) is 12.1. The summed E-state index contributed by atoms with van der Waals surface area (Å²) in [5.41, 5.74) is 6.68. The molecule has 0 aliphatic rings. The van der Waals surface area contributed by atoms with E-state index in [0.717, 1.165) is 5.56 Å². The van der Waals surface area contributed by atoms with Gasteiger partial charge in [-0.2, -0.15) is 13.2 Å². The molecule has 0 saturated heterocycles. The summed E-state index contributed by atoms with van der Waals surface area (Å²) < 4.78 is 50.7. The van der Waals surface area contributed by atoms with Crippen LogP contribution in [0, 0.1) is 0 Å². The first-order valence-corrected chi connectivity index (χ1v) is 6.54. The molecule has 0 fully saturated rings. The van der Waals surface area contributed by atoms with Crippen molar-refractivity contribution in [2.45, 2.75) is 25.6 Å². The highest BCUT2D eigenvalue weighted by Crippen LogP contribution is 2.29. The van der Waals surface area contributed by atoms with Crippen LogP contribution in [0.15, 0.2) is 18.2 Å². The Bertz CT molecular complexity index is 436. The molecule has 0 spiro atoms. The molecule has 0 bridgehead atoms. The maximum absolute atomic E-state index is 11.8. The Kier molecular flexibility index (Phi) is 6.77. The number of hydrogen-bond donors (Lipinski definition) is 1. The molecule has 0 aliphatic carbocycles. The van der Waals surface area contributed by atoms with Crippen LogP contribution in [0.2, 0.25) is 0 Å². The number of halogens is 3. The maximum atomic E-state index is 11.8. The van der Waals surface area contributed by atoms with Gasteiger partial charge in [0.25, 0.3) is 0 Å². The van der Waals surface area contributed by atoms with Crippen LogP contribution >= 0.6 is 0 Å². The molecule has 2 N–H and O–H groups in total. The molecule has 4 nitrogen and oxygen atoms in total. The van der Waals surface area contributed by atoms with Crippen molar-refractivity contribution in [1.82, 2.24) is 0 Å². The van der Waals surface area contributed by atoms with E-state index in [4.69, 9.17) is 15.2 Å². The second kappa shape index (κ2) is 8.09. The third-order valence-corrected chi connectivity index (χ3v) is 2.67. The molecular formula is C14H20F3NO3. The molecule has 1 aromatic rings. The first-order chi connectivity index (χ1) is 9.83. The lowest BCUT2D eigenvalue weighted by Crippen LogP contribution is -2.18. The highest BCUT2D eigenvalue weighted by Gasteiger charge is 2.27. The van der Waals surface area contributed by atoms with Gasteiger partial charge in [0.1, 0.15) is 6.61 Å². The minimum Gasteiger partial charge on any atom is -0.493 e. The minimum atomic E-state index is -4.29. The quantitative estimate of drug-likeness (QED) is 0.750. The van der Waals surface area contributed by atoms with Crippen LogP contribution in [0.4, 0.5) is 13.2 Å². The van der Waals surface area contributed by atoms with Gasteiger partial charge in [-0.3, -0.25) is 0 Å². The van der Waals surface area contributed by atoms with Crippen LogP contribution in [0.25, 0.3) is 0 Å². The zero-order valence-corrected chi connectivity index (χ0v) is 12.1. The van der Waals surface area contributed by atoms with E-state index in [1.165, 1.54) is 7.11 Å². The number of nitrogens with two attached hydrogens (primary N) is 1. The largest absolute Gasteiger partial charge is 0.493 e. The average molecular weight is 307 g/mol. The van der Waals surface area contributed by atoms with Gasteiger partial charge in [-0.05, 0) is 24.6 Å². The Balaban J connectivity index is 2.38. The molecule has 0 saturated carbocycles. The van der Waals surface area contributed by atoms with Crippen molar-refractivity contribution in [1.29, 1.82) is 0 Å². The lowest BCUT2D eigenvalue weighted by molar-refractivity contribution is -0.174. The molecule has 120 valence electrons. The highest BCUT2D eigenvalue weighted by molar-refractivity contribution is 5.43. The van der Waals surface area contributed by atoms with E-state index in [9.17, 15) is 13.2 Å². The topological polar surface area (TPSA) is 53.7 Å². The van der Waals surface area contributed by atoms with Gasteiger partial charge in [0.15, 0.2) is 11.5 Å². The molecule has 7 heteroatoms. The summed E-state index contributed by atoms with van der Waals surface area (Å²) in [5, 5.41) is 0. The van der Waals surface area contributed by atoms with Crippen LogP contribution in [0.5, 0.6) is 11.5 Å². The Labute approximate surface area is 122 Å². The first kappa shape index (κ1) is 17.6. The van der Waals surface area contributed by atoms with Crippen LogP contribution in [0.3, 0.4) is 0 Å². The molecule has 0 heterocycles. The monoisotopic (exact) mass is 307 g/mol. The van der Waals surface area contributed by atoms with Crippen molar-refractivity contribution < 1.29 is 27.4 Å². The van der Waals surface area contributed by atoms with Crippen molar-refractivity contribution in [3.8, 4) is 11.5 Å². The number of rotatable bonds is 8. The molecule has 21 heavy (non-hydrogen) atoms. The normalized spacial score (nSPS) is 13.0. The summed E-state index contributed by atoms with van der Waals surface area (Å²) in [5.74, 6) is 1.07. The van der Waals surface area contributed by atoms with E-state index in [-0.39, 0.29) is 19.3 Å². The third kappa shape index (κ3) is 6.68. The smallest absolute Gasteiger partial charge is 0.411 e. The highest BCUT2D eigenvalue weighted by atomic mass is 19.4. The standard InChI is InChI=1S/C14H20F3NO3/c1-10(18)11-4-5-12(13(8-11)19-2)21-7-3-6-20-9-14(15,16)17/h4-5,8,10H,3,6-7,9,18H2,1-2H3/t10-/m1/s1. The lowest BCUT2D eigenvalue weighted by atomic mass is 10.1. The van der Waals surface area contributed by atoms with E-state index in [2.05, 4.69) is 4.74 Å². The molecule has 0 radical (unpaired) electrons.